The molecule has 0 heterocycles. The lowest BCUT2D eigenvalue weighted by molar-refractivity contribution is -0.129. The fraction of sp³-hybridized carbons (Fsp3) is 0.300. The Hall–Kier alpha value is -2.53. The summed E-state index contributed by atoms with van der Waals surface area (Å²) in [4.78, 5) is 23.5. The molecule has 0 saturated heterocycles. The summed E-state index contributed by atoms with van der Waals surface area (Å²) in [5.74, 6) is 0.300. The topological polar surface area (TPSA) is 67.4 Å². The van der Waals surface area contributed by atoms with Crippen molar-refractivity contribution in [2.24, 2.45) is 0 Å². The Bertz CT molecular complexity index is 735. The van der Waals surface area contributed by atoms with E-state index in [4.69, 9.17) is 16.3 Å². The number of nitrogens with one attached hydrogen (secondary N) is 2. The number of rotatable bonds is 8. The number of hydrogen-bond donors (Lipinski definition) is 2. The van der Waals surface area contributed by atoms with Gasteiger partial charge in [-0.05, 0) is 49.1 Å². The van der Waals surface area contributed by atoms with Crippen LogP contribution >= 0.6 is 11.6 Å². The van der Waals surface area contributed by atoms with Crippen LogP contribution in [0, 0.1) is 6.92 Å². The Labute approximate surface area is 158 Å². The van der Waals surface area contributed by atoms with Gasteiger partial charge in [0.15, 0.2) is 0 Å². The van der Waals surface area contributed by atoms with Gasteiger partial charge in [-0.25, -0.2) is 0 Å². The molecule has 0 aliphatic carbocycles. The minimum Gasteiger partial charge on any atom is -0.493 e. The summed E-state index contributed by atoms with van der Waals surface area (Å²) in [5, 5.41) is 0.664. The molecule has 0 aliphatic rings. The molecule has 0 spiro atoms. The van der Waals surface area contributed by atoms with Crippen LogP contribution in [0.25, 0.3) is 0 Å². The highest BCUT2D eigenvalue weighted by molar-refractivity contribution is 6.30. The van der Waals surface area contributed by atoms with Crippen molar-refractivity contribution in [2.75, 3.05) is 6.61 Å². The van der Waals surface area contributed by atoms with Gasteiger partial charge in [0, 0.05) is 17.9 Å². The van der Waals surface area contributed by atoms with Crippen LogP contribution in [0.5, 0.6) is 5.75 Å². The van der Waals surface area contributed by atoms with Gasteiger partial charge in [-0.1, -0.05) is 41.9 Å². The van der Waals surface area contributed by atoms with Crippen molar-refractivity contribution in [3.8, 4) is 5.75 Å². The number of benzene rings is 2. The molecule has 0 saturated carbocycles. The minimum atomic E-state index is -0.241. The third-order valence-corrected chi connectivity index (χ3v) is 4.00. The third-order valence-electron chi connectivity index (χ3n) is 3.77. The Kier molecular flexibility index (Phi) is 7.96. The van der Waals surface area contributed by atoms with Crippen LogP contribution in [-0.2, 0) is 16.0 Å². The molecule has 138 valence electrons. The predicted molar refractivity (Wildman–Crippen MR) is 102 cm³/mol. The van der Waals surface area contributed by atoms with Crippen molar-refractivity contribution in [3.05, 3.63) is 64.7 Å². The first-order valence-electron chi connectivity index (χ1n) is 8.55. The standard InChI is InChI=1S/C20H23ClN2O3/c1-15-14-17(21)10-11-18(15)26-13-5-8-19(24)22-23-20(25)12-9-16-6-3-2-4-7-16/h2-4,6-7,10-11,14H,5,8-9,12-13H2,1H3,(H,22,24)(H,23,25). The van der Waals surface area contributed by atoms with Gasteiger partial charge in [-0.15, -0.1) is 0 Å². The van der Waals surface area contributed by atoms with Gasteiger partial charge in [0.25, 0.3) is 0 Å². The van der Waals surface area contributed by atoms with E-state index >= 15 is 0 Å². The molecule has 6 heteroatoms. The molecule has 0 unspecified atom stereocenters. The van der Waals surface area contributed by atoms with Crippen LogP contribution in [0.15, 0.2) is 48.5 Å². The van der Waals surface area contributed by atoms with Crippen LogP contribution in [-0.4, -0.2) is 18.4 Å². The summed E-state index contributed by atoms with van der Waals surface area (Å²) in [6, 6.07) is 15.1. The number of carbonyl (C=O) groups excluding carboxylic acids is 2. The Morgan fingerprint density at radius 2 is 1.69 bits per heavy atom. The second-order valence-electron chi connectivity index (χ2n) is 5.94. The number of hydrogen-bond acceptors (Lipinski definition) is 3. The molecule has 0 aromatic heterocycles. The SMILES string of the molecule is Cc1cc(Cl)ccc1OCCCC(=O)NNC(=O)CCc1ccccc1. The van der Waals surface area contributed by atoms with Gasteiger partial charge in [0.05, 0.1) is 6.61 Å². The normalized spacial score (nSPS) is 10.2. The molecular formula is C20H23ClN2O3. The number of aryl methyl sites for hydroxylation is 2. The largest absolute Gasteiger partial charge is 0.493 e. The maximum Gasteiger partial charge on any atom is 0.238 e. The van der Waals surface area contributed by atoms with Crippen LogP contribution in [0.3, 0.4) is 0 Å². The summed E-state index contributed by atoms with van der Waals surface area (Å²) in [7, 11) is 0. The Morgan fingerprint density at radius 1 is 1.00 bits per heavy atom. The van der Waals surface area contributed by atoms with E-state index in [2.05, 4.69) is 10.9 Å². The second kappa shape index (κ2) is 10.5. The molecule has 0 radical (unpaired) electrons. The lowest BCUT2D eigenvalue weighted by Gasteiger charge is -2.10. The van der Waals surface area contributed by atoms with E-state index in [9.17, 15) is 9.59 Å². The molecule has 2 rings (SSSR count). The zero-order valence-electron chi connectivity index (χ0n) is 14.8. The molecule has 2 aromatic carbocycles. The van der Waals surface area contributed by atoms with E-state index in [1.807, 2.05) is 49.4 Å². The van der Waals surface area contributed by atoms with E-state index in [1.165, 1.54) is 0 Å². The Morgan fingerprint density at radius 3 is 2.38 bits per heavy atom. The maximum absolute atomic E-state index is 11.7. The first-order valence-corrected chi connectivity index (χ1v) is 8.93. The molecule has 26 heavy (non-hydrogen) atoms. The summed E-state index contributed by atoms with van der Waals surface area (Å²) in [5.41, 5.74) is 6.90. The fourth-order valence-electron chi connectivity index (χ4n) is 2.36. The van der Waals surface area contributed by atoms with Crippen LogP contribution in [0.2, 0.25) is 5.02 Å². The molecular weight excluding hydrogens is 352 g/mol. The van der Waals surface area contributed by atoms with Gasteiger partial charge in [-0.3, -0.25) is 20.4 Å². The minimum absolute atomic E-state index is 0.213. The van der Waals surface area contributed by atoms with Gasteiger partial charge in [-0.2, -0.15) is 0 Å². The van der Waals surface area contributed by atoms with Gasteiger partial charge in [0.2, 0.25) is 11.8 Å². The number of halogens is 1. The van der Waals surface area contributed by atoms with Crippen molar-refractivity contribution >= 4 is 23.4 Å². The van der Waals surface area contributed by atoms with E-state index in [0.717, 1.165) is 16.9 Å². The highest BCUT2D eigenvalue weighted by Crippen LogP contribution is 2.21. The van der Waals surface area contributed by atoms with Gasteiger partial charge in [0.1, 0.15) is 5.75 Å². The van der Waals surface area contributed by atoms with Gasteiger partial charge < -0.3 is 4.74 Å². The average molecular weight is 375 g/mol. The third kappa shape index (κ3) is 7.15. The zero-order valence-corrected chi connectivity index (χ0v) is 15.5. The quantitative estimate of drug-likeness (QED) is 0.548. The molecule has 0 bridgehead atoms. The van der Waals surface area contributed by atoms with E-state index in [0.29, 0.717) is 30.9 Å². The molecule has 0 aliphatic heterocycles. The fourth-order valence-corrected chi connectivity index (χ4v) is 2.58. The summed E-state index contributed by atoms with van der Waals surface area (Å²) in [6.45, 7) is 2.33. The molecule has 0 fully saturated rings. The maximum atomic E-state index is 11.7. The van der Waals surface area contributed by atoms with Crippen molar-refractivity contribution in [1.29, 1.82) is 0 Å². The van der Waals surface area contributed by atoms with Crippen LogP contribution in [0.1, 0.15) is 30.4 Å². The lowest BCUT2D eigenvalue weighted by Crippen LogP contribution is -2.41. The van der Waals surface area contributed by atoms with E-state index < -0.39 is 0 Å². The first-order chi connectivity index (χ1) is 12.5. The molecule has 2 amide bonds. The lowest BCUT2D eigenvalue weighted by atomic mass is 10.1. The summed E-state index contributed by atoms with van der Waals surface area (Å²) in [6.07, 6.45) is 1.78. The monoisotopic (exact) mass is 374 g/mol. The second-order valence-corrected chi connectivity index (χ2v) is 6.38. The van der Waals surface area contributed by atoms with Crippen molar-refractivity contribution in [3.63, 3.8) is 0 Å². The highest BCUT2D eigenvalue weighted by atomic mass is 35.5. The number of ether oxygens (including phenoxy) is 1. The highest BCUT2D eigenvalue weighted by Gasteiger charge is 2.06. The molecule has 2 N–H and O–H groups in total. The van der Waals surface area contributed by atoms with E-state index in [-0.39, 0.29) is 18.2 Å². The number of hydrazine groups is 1. The van der Waals surface area contributed by atoms with Crippen molar-refractivity contribution in [2.45, 2.75) is 32.6 Å². The summed E-state index contributed by atoms with van der Waals surface area (Å²) < 4.78 is 5.63. The molecule has 2 aromatic rings. The van der Waals surface area contributed by atoms with Crippen LogP contribution < -0.4 is 15.6 Å². The zero-order chi connectivity index (χ0) is 18.8. The molecule has 5 nitrogen and oxygen atoms in total. The van der Waals surface area contributed by atoms with Gasteiger partial charge >= 0.3 is 0 Å². The number of amides is 2. The Balaban J connectivity index is 1.57. The summed E-state index contributed by atoms with van der Waals surface area (Å²) >= 11 is 5.89. The van der Waals surface area contributed by atoms with Crippen LogP contribution in [0.4, 0.5) is 0 Å². The average Bonchev–Trinajstić information content (AvgIpc) is 2.64. The first kappa shape index (κ1) is 19.8. The smallest absolute Gasteiger partial charge is 0.238 e. The predicted octanol–water partition coefficient (Wildman–Crippen LogP) is 3.59. The van der Waals surface area contributed by atoms with Crippen molar-refractivity contribution < 1.29 is 14.3 Å². The van der Waals surface area contributed by atoms with Crippen molar-refractivity contribution in [1.82, 2.24) is 10.9 Å². The molecule has 0 atom stereocenters. The van der Waals surface area contributed by atoms with E-state index in [1.54, 1.807) is 6.07 Å². The number of carbonyl (C=O) groups is 2.